The van der Waals surface area contributed by atoms with Crippen LogP contribution in [-0.4, -0.2) is 4.98 Å². The Morgan fingerprint density at radius 2 is 1.89 bits per heavy atom. The van der Waals surface area contributed by atoms with Crippen LogP contribution < -0.4 is 11.1 Å². The van der Waals surface area contributed by atoms with Crippen LogP contribution in [0, 0.1) is 0 Å². The number of halogens is 3. The highest BCUT2D eigenvalue weighted by Gasteiger charge is 2.12. The molecule has 0 bridgehead atoms. The molecular weight excluding hydrogens is 305 g/mol. The first-order valence-electron chi connectivity index (χ1n) is 5.60. The van der Waals surface area contributed by atoms with E-state index in [4.69, 9.17) is 40.5 Å². The van der Waals surface area contributed by atoms with Gasteiger partial charge in [-0.3, -0.25) is 0 Å². The Balaban J connectivity index is 2.23. The topological polar surface area (TPSA) is 50.9 Å². The number of pyridine rings is 1. The number of nitrogens with two attached hydrogens (primary N) is 1. The molecule has 1 aromatic carbocycles. The lowest BCUT2D eigenvalue weighted by Gasteiger charge is -2.17. The number of nitrogens with one attached hydrogen (secondary N) is 1. The summed E-state index contributed by atoms with van der Waals surface area (Å²) in [6.45, 7) is 1.96. The smallest absolute Gasteiger partial charge is 0.149 e. The molecule has 0 spiro atoms. The van der Waals surface area contributed by atoms with E-state index in [-0.39, 0.29) is 6.04 Å². The van der Waals surface area contributed by atoms with E-state index < -0.39 is 0 Å². The summed E-state index contributed by atoms with van der Waals surface area (Å²) in [6, 6.07) is 6.96. The minimum atomic E-state index is -0.0549. The van der Waals surface area contributed by atoms with Crippen LogP contribution in [0.25, 0.3) is 0 Å². The Kier molecular flexibility index (Phi) is 4.40. The van der Waals surface area contributed by atoms with Gasteiger partial charge in [0.15, 0.2) is 0 Å². The molecule has 3 N–H and O–H groups in total. The Morgan fingerprint density at radius 1 is 1.16 bits per heavy atom. The van der Waals surface area contributed by atoms with Gasteiger partial charge in [-0.05, 0) is 30.7 Å². The van der Waals surface area contributed by atoms with Crippen molar-refractivity contribution < 1.29 is 0 Å². The van der Waals surface area contributed by atoms with Crippen LogP contribution in [-0.2, 0) is 0 Å². The highest BCUT2D eigenvalue weighted by molar-refractivity contribution is 6.35. The molecule has 1 atom stereocenters. The van der Waals surface area contributed by atoms with Gasteiger partial charge in [0, 0.05) is 16.2 Å². The lowest BCUT2D eigenvalue weighted by molar-refractivity contribution is 0.876. The lowest BCUT2D eigenvalue weighted by atomic mass is 10.1. The molecule has 0 saturated heterocycles. The predicted molar refractivity (Wildman–Crippen MR) is 82.2 cm³/mol. The summed E-state index contributed by atoms with van der Waals surface area (Å²) in [4.78, 5) is 4.15. The molecule has 19 heavy (non-hydrogen) atoms. The van der Waals surface area contributed by atoms with Crippen LogP contribution in [0.3, 0.4) is 0 Å². The van der Waals surface area contributed by atoms with Crippen LogP contribution in [0.1, 0.15) is 18.5 Å². The number of aromatic nitrogens is 1. The third kappa shape index (κ3) is 3.44. The van der Waals surface area contributed by atoms with Crippen molar-refractivity contribution in [2.75, 3.05) is 11.1 Å². The number of nitrogens with zero attached hydrogens (tertiary/aromatic N) is 1. The summed E-state index contributed by atoms with van der Waals surface area (Å²) < 4.78 is 0. The van der Waals surface area contributed by atoms with Crippen molar-refractivity contribution in [2.45, 2.75) is 13.0 Å². The van der Waals surface area contributed by atoms with Crippen molar-refractivity contribution >= 4 is 46.3 Å². The van der Waals surface area contributed by atoms with Gasteiger partial charge in [0.05, 0.1) is 16.8 Å². The van der Waals surface area contributed by atoms with Gasteiger partial charge in [0.1, 0.15) is 5.82 Å². The zero-order chi connectivity index (χ0) is 14.0. The average Bonchev–Trinajstić information content (AvgIpc) is 2.32. The maximum absolute atomic E-state index is 6.16. The molecule has 100 valence electrons. The molecule has 0 saturated carbocycles. The molecule has 1 aromatic heterocycles. The van der Waals surface area contributed by atoms with E-state index in [9.17, 15) is 0 Å². The summed E-state index contributed by atoms with van der Waals surface area (Å²) >= 11 is 17.8. The molecule has 1 heterocycles. The summed E-state index contributed by atoms with van der Waals surface area (Å²) in [5.41, 5.74) is 7.26. The lowest BCUT2D eigenvalue weighted by Crippen LogP contribution is -2.10. The number of rotatable bonds is 3. The average molecular weight is 317 g/mol. The van der Waals surface area contributed by atoms with Gasteiger partial charge in [-0.2, -0.15) is 0 Å². The fourth-order valence-electron chi connectivity index (χ4n) is 1.71. The van der Waals surface area contributed by atoms with Crippen LogP contribution in [0.4, 0.5) is 11.5 Å². The van der Waals surface area contributed by atoms with E-state index in [1.165, 1.54) is 6.20 Å². The molecule has 2 aromatic rings. The minimum Gasteiger partial charge on any atom is -0.396 e. The Hall–Kier alpha value is -1.16. The maximum Gasteiger partial charge on any atom is 0.149 e. The van der Waals surface area contributed by atoms with Crippen molar-refractivity contribution in [2.24, 2.45) is 0 Å². The maximum atomic E-state index is 6.16. The normalized spacial score (nSPS) is 12.2. The molecule has 6 heteroatoms. The summed E-state index contributed by atoms with van der Waals surface area (Å²) in [5, 5.41) is 4.89. The van der Waals surface area contributed by atoms with Gasteiger partial charge in [-0.1, -0.05) is 40.9 Å². The molecule has 0 amide bonds. The van der Waals surface area contributed by atoms with E-state index in [2.05, 4.69) is 10.3 Å². The molecule has 0 radical (unpaired) electrons. The number of hydrogen-bond acceptors (Lipinski definition) is 3. The summed E-state index contributed by atoms with van der Waals surface area (Å²) in [5.74, 6) is 0.572. The SMILES string of the molecule is CC(Nc1ncc(Cl)cc1N)c1ccc(Cl)cc1Cl. The zero-order valence-corrected chi connectivity index (χ0v) is 12.4. The fraction of sp³-hybridized carbons (Fsp3) is 0.154. The first-order valence-corrected chi connectivity index (χ1v) is 6.73. The van der Waals surface area contributed by atoms with Crippen LogP contribution in [0.2, 0.25) is 15.1 Å². The minimum absolute atomic E-state index is 0.0549. The number of hydrogen-bond donors (Lipinski definition) is 2. The monoisotopic (exact) mass is 315 g/mol. The van der Waals surface area contributed by atoms with E-state index in [0.29, 0.717) is 26.6 Å². The molecule has 0 aliphatic rings. The fourth-order valence-corrected chi connectivity index (χ4v) is 2.45. The van der Waals surface area contributed by atoms with E-state index in [1.807, 2.05) is 13.0 Å². The number of anilines is 2. The van der Waals surface area contributed by atoms with Crippen molar-refractivity contribution in [3.8, 4) is 0 Å². The highest BCUT2D eigenvalue weighted by atomic mass is 35.5. The Morgan fingerprint density at radius 3 is 2.53 bits per heavy atom. The van der Waals surface area contributed by atoms with Gasteiger partial charge in [-0.15, -0.1) is 0 Å². The number of benzene rings is 1. The largest absolute Gasteiger partial charge is 0.396 e. The molecule has 1 unspecified atom stereocenters. The van der Waals surface area contributed by atoms with Crippen molar-refractivity contribution in [1.29, 1.82) is 0 Å². The molecule has 0 aliphatic carbocycles. The van der Waals surface area contributed by atoms with Gasteiger partial charge in [-0.25, -0.2) is 4.98 Å². The van der Waals surface area contributed by atoms with Crippen LogP contribution in [0.15, 0.2) is 30.5 Å². The molecule has 0 aliphatic heterocycles. The molecule has 2 rings (SSSR count). The zero-order valence-electron chi connectivity index (χ0n) is 10.1. The Bertz CT molecular complexity index is 602. The van der Waals surface area contributed by atoms with Crippen molar-refractivity contribution in [3.05, 3.63) is 51.1 Å². The Labute approximate surface area is 126 Å². The van der Waals surface area contributed by atoms with E-state index in [1.54, 1.807) is 18.2 Å². The van der Waals surface area contributed by atoms with Gasteiger partial charge in [0.2, 0.25) is 0 Å². The van der Waals surface area contributed by atoms with Gasteiger partial charge < -0.3 is 11.1 Å². The van der Waals surface area contributed by atoms with Crippen LogP contribution >= 0.6 is 34.8 Å². The highest BCUT2D eigenvalue weighted by Crippen LogP contribution is 2.29. The second-order valence-corrected chi connectivity index (χ2v) is 5.40. The third-order valence-electron chi connectivity index (χ3n) is 2.67. The first kappa shape index (κ1) is 14.3. The quantitative estimate of drug-likeness (QED) is 0.855. The molecular formula is C13H12Cl3N3. The van der Waals surface area contributed by atoms with Crippen molar-refractivity contribution in [3.63, 3.8) is 0 Å². The van der Waals surface area contributed by atoms with Gasteiger partial charge in [0.25, 0.3) is 0 Å². The molecule has 0 fully saturated rings. The van der Waals surface area contributed by atoms with Gasteiger partial charge >= 0.3 is 0 Å². The number of nitrogen functional groups attached to an aromatic ring is 1. The second kappa shape index (κ2) is 5.87. The standard InChI is InChI=1S/C13H12Cl3N3/c1-7(10-3-2-8(14)4-11(10)16)19-13-12(17)5-9(15)6-18-13/h2-7H,17H2,1H3,(H,18,19). The summed E-state index contributed by atoms with van der Waals surface area (Å²) in [6.07, 6.45) is 1.54. The third-order valence-corrected chi connectivity index (χ3v) is 3.44. The van der Waals surface area contributed by atoms with Crippen molar-refractivity contribution in [1.82, 2.24) is 4.98 Å². The summed E-state index contributed by atoms with van der Waals surface area (Å²) in [7, 11) is 0. The van der Waals surface area contributed by atoms with E-state index >= 15 is 0 Å². The first-order chi connectivity index (χ1) is 8.97. The predicted octanol–water partition coefficient (Wildman–Crippen LogP) is 4.80. The molecule has 3 nitrogen and oxygen atoms in total. The van der Waals surface area contributed by atoms with E-state index in [0.717, 1.165) is 5.56 Å². The van der Waals surface area contributed by atoms with Crippen LogP contribution in [0.5, 0.6) is 0 Å². The second-order valence-electron chi connectivity index (χ2n) is 4.12.